The highest BCUT2D eigenvalue weighted by molar-refractivity contribution is 5.67. The molecule has 0 saturated carbocycles. The van der Waals surface area contributed by atoms with Gasteiger partial charge in [-0.2, -0.15) is 0 Å². The van der Waals surface area contributed by atoms with E-state index in [2.05, 4.69) is 27.1 Å². The van der Waals surface area contributed by atoms with Crippen LogP contribution in [-0.2, 0) is 6.42 Å². The summed E-state index contributed by atoms with van der Waals surface area (Å²) < 4.78 is 1.70. The summed E-state index contributed by atoms with van der Waals surface area (Å²) in [6, 6.07) is 8.36. The molecule has 1 aliphatic rings. The van der Waals surface area contributed by atoms with E-state index in [4.69, 9.17) is 0 Å². The van der Waals surface area contributed by atoms with Crippen molar-refractivity contribution in [3.05, 3.63) is 64.5 Å². The van der Waals surface area contributed by atoms with E-state index in [1.165, 1.54) is 17.3 Å². The summed E-state index contributed by atoms with van der Waals surface area (Å²) in [5.41, 5.74) is 3.16. The van der Waals surface area contributed by atoms with E-state index in [1.807, 2.05) is 12.1 Å². The number of aromatic nitrogens is 4. The molecule has 5 heteroatoms. The molecule has 21 heavy (non-hydrogen) atoms. The number of benzene rings is 1. The Balaban J connectivity index is 1.92. The van der Waals surface area contributed by atoms with E-state index in [-0.39, 0.29) is 11.6 Å². The Labute approximate surface area is 121 Å². The van der Waals surface area contributed by atoms with Crippen molar-refractivity contribution in [2.75, 3.05) is 0 Å². The van der Waals surface area contributed by atoms with Crippen molar-refractivity contribution in [1.29, 1.82) is 0 Å². The fraction of sp³-hybridized carbons (Fsp3) is 0.250. The minimum absolute atomic E-state index is 0.0429. The van der Waals surface area contributed by atoms with Crippen LogP contribution in [0.3, 0.4) is 0 Å². The second-order valence-electron chi connectivity index (χ2n) is 5.29. The van der Waals surface area contributed by atoms with Gasteiger partial charge < -0.3 is 0 Å². The van der Waals surface area contributed by atoms with Crippen molar-refractivity contribution in [2.24, 2.45) is 0 Å². The first kappa shape index (κ1) is 12.2. The minimum Gasteiger partial charge on any atom is -0.290 e. The lowest BCUT2D eigenvalue weighted by Crippen LogP contribution is -2.29. The Bertz CT molecular complexity index is 871. The van der Waals surface area contributed by atoms with Crippen LogP contribution >= 0.6 is 0 Å². The fourth-order valence-electron chi connectivity index (χ4n) is 3.11. The standard InChI is InChI=1S/C16H14N4O/c21-16-14-15(18-9-8-17-14)19-10-20(16)13-7-3-5-11-4-1-2-6-12(11)13/h1-2,4,6,8-10,13H,3,5,7H2/t13-/m1/s1. The highest BCUT2D eigenvalue weighted by Crippen LogP contribution is 2.31. The van der Waals surface area contributed by atoms with Crippen LogP contribution in [0.25, 0.3) is 11.2 Å². The molecule has 3 aromatic rings. The lowest BCUT2D eigenvalue weighted by molar-refractivity contribution is 0.475. The Morgan fingerprint density at radius 1 is 1.10 bits per heavy atom. The number of fused-ring (bicyclic) bond motifs is 2. The SMILES string of the molecule is O=c1c2nccnc2ncn1[C@@H]1CCCc2ccccc21. The number of hydrogen-bond donors (Lipinski definition) is 0. The maximum absolute atomic E-state index is 12.7. The molecule has 2 heterocycles. The van der Waals surface area contributed by atoms with E-state index >= 15 is 0 Å². The van der Waals surface area contributed by atoms with Crippen LogP contribution in [0.15, 0.2) is 47.8 Å². The van der Waals surface area contributed by atoms with E-state index in [1.54, 1.807) is 17.1 Å². The fourth-order valence-corrected chi connectivity index (χ4v) is 3.11. The molecule has 0 N–H and O–H groups in total. The van der Waals surface area contributed by atoms with Crippen LogP contribution in [0.5, 0.6) is 0 Å². The van der Waals surface area contributed by atoms with Gasteiger partial charge >= 0.3 is 0 Å². The van der Waals surface area contributed by atoms with Crippen molar-refractivity contribution in [3.63, 3.8) is 0 Å². The van der Waals surface area contributed by atoms with Crippen LogP contribution in [0.2, 0.25) is 0 Å². The average molecular weight is 278 g/mol. The zero-order valence-corrected chi connectivity index (χ0v) is 11.4. The monoisotopic (exact) mass is 278 g/mol. The molecule has 5 nitrogen and oxygen atoms in total. The van der Waals surface area contributed by atoms with Gasteiger partial charge in [0.2, 0.25) is 0 Å². The van der Waals surface area contributed by atoms with Gasteiger partial charge in [-0.1, -0.05) is 24.3 Å². The van der Waals surface area contributed by atoms with Gasteiger partial charge in [-0.15, -0.1) is 0 Å². The van der Waals surface area contributed by atoms with Gasteiger partial charge in [0.15, 0.2) is 11.2 Å². The smallest absolute Gasteiger partial charge is 0.282 e. The molecular formula is C16H14N4O. The molecule has 4 rings (SSSR count). The molecule has 0 bridgehead atoms. The number of nitrogens with zero attached hydrogens (tertiary/aromatic N) is 4. The van der Waals surface area contributed by atoms with Crippen LogP contribution in [-0.4, -0.2) is 19.5 Å². The maximum atomic E-state index is 12.7. The number of hydrogen-bond acceptors (Lipinski definition) is 4. The summed E-state index contributed by atoms with van der Waals surface area (Å²) in [5.74, 6) is 0. The molecule has 0 spiro atoms. The van der Waals surface area contributed by atoms with E-state index in [0.29, 0.717) is 11.2 Å². The molecule has 0 fully saturated rings. The average Bonchev–Trinajstić information content (AvgIpc) is 2.55. The summed E-state index contributed by atoms with van der Waals surface area (Å²) >= 11 is 0. The lowest BCUT2D eigenvalue weighted by Gasteiger charge is -2.26. The third-order valence-electron chi connectivity index (χ3n) is 4.09. The van der Waals surface area contributed by atoms with Gasteiger partial charge in [0.1, 0.15) is 6.33 Å². The quantitative estimate of drug-likeness (QED) is 0.684. The topological polar surface area (TPSA) is 60.7 Å². The van der Waals surface area contributed by atoms with Gasteiger partial charge in [0.25, 0.3) is 5.56 Å². The highest BCUT2D eigenvalue weighted by atomic mass is 16.1. The first-order valence-electron chi connectivity index (χ1n) is 7.10. The molecule has 104 valence electrons. The van der Waals surface area contributed by atoms with Crippen LogP contribution in [0, 0.1) is 0 Å². The van der Waals surface area contributed by atoms with E-state index in [9.17, 15) is 4.79 Å². The summed E-state index contributed by atoms with van der Waals surface area (Å²) in [7, 11) is 0. The highest BCUT2D eigenvalue weighted by Gasteiger charge is 2.23. The van der Waals surface area contributed by atoms with Gasteiger partial charge in [-0.3, -0.25) is 9.36 Å². The Morgan fingerprint density at radius 3 is 2.90 bits per heavy atom. The van der Waals surface area contributed by atoms with Gasteiger partial charge in [-0.25, -0.2) is 15.0 Å². The predicted octanol–water partition coefficient (Wildman–Crippen LogP) is 2.11. The predicted molar refractivity (Wildman–Crippen MR) is 79.1 cm³/mol. The van der Waals surface area contributed by atoms with Crippen molar-refractivity contribution < 1.29 is 0 Å². The maximum Gasteiger partial charge on any atom is 0.282 e. The van der Waals surface area contributed by atoms with Crippen molar-refractivity contribution >= 4 is 11.2 Å². The second-order valence-corrected chi connectivity index (χ2v) is 5.29. The Kier molecular flexibility index (Phi) is 2.77. The molecule has 1 aliphatic carbocycles. The third kappa shape index (κ3) is 1.93. The van der Waals surface area contributed by atoms with E-state index in [0.717, 1.165) is 19.3 Å². The molecular weight excluding hydrogens is 264 g/mol. The van der Waals surface area contributed by atoms with E-state index < -0.39 is 0 Å². The summed E-state index contributed by atoms with van der Waals surface area (Å²) in [5, 5.41) is 0. The normalized spacial score (nSPS) is 17.6. The van der Waals surface area contributed by atoms with Crippen molar-refractivity contribution in [2.45, 2.75) is 25.3 Å². The molecule has 2 aromatic heterocycles. The van der Waals surface area contributed by atoms with Gasteiger partial charge in [0, 0.05) is 12.4 Å². The zero-order chi connectivity index (χ0) is 14.2. The first-order valence-corrected chi connectivity index (χ1v) is 7.10. The lowest BCUT2D eigenvalue weighted by atomic mass is 9.87. The number of rotatable bonds is 1. The van der Waals surface area contributed by atoms with Crippen LogP contribution in [0.4, 0.5) is 0 Å². The largest absolute Gasteiger partial charge is 0.290 e. The Morgan fingerprint density at radius 2 is 1.95 bits per heavy atom. The molecule has 1 aromatic carbocycles. The summed E-state index contributed by atoms with van der Waals surface area (Å²) in [6.07, 6.45) is 7.78. The molecule has 0 saturated heterocycles. The molecule has 0 aliphatic heterocycles. The first-order chi connectivity index (χ1) is 10.3. The third-order valence-corrected chi connectivity index (χ3v) is 4.09. The minimum atomic E-state index is -0.116. The molecule has 0 amide bonds. The molecule has 1 atom stereocenters. The molecule has 0 radical (unpaired) electrons. The molecule has 0 unspecified atom stereocenters. The van der Waals surface area contributed by atoms with Crippen molar-refractivity contribution in [1.82, 2.24) is 19.5 Å². The van der Waals surface area contributed by atoms with Gasteiger partial charge in [-0.05, 0) is 30.4 Å². The number of aryl methyl sites for hydroxylation is 1. The van der Waals surface area contributed by atoms with Gasteiger partial charge in [0.05, 0.1) is 6.04 Å². The second kappa shape index (κ2) is 4.77. The van der Waals surface area contributed by atoms with Crippen LogP contribution < -0.4 is 5.56 Å². The zero-order valence-electron chi connectivity index (χ0n) is 11.4. The van der Waals surface area contributed by atoms with Crippen LogP contribution in [0.1, 0.15) is 30.0 Å². The summed E-state index contributed by atoms with van der Waals surface area (Å²) in [4.78, 5) is 25.2. The van der Waals surface area contributed by atoms with Crippen molar-refractivity contribution in [3.8, 4) is 0 Å². The summed E-state index contributed by atoms with van der Waals surface area (Å²) in [6.45, 7) is 0. The Hall–Kier alpha value is -2.56.